The normalized spacial score (nSPS) is 21.8. The van der Waals surface area contributed by atoms with Gasteiger partial charge in [0.1, 0.15) is 30.0 Å². The highest BCUT2D eigenvalue weighted by molar-refractivity contribution is 5.93. The average molecular weight is 556 g/mol. The molecule has 3 aliphatic heterocycles. The molecule has 4 heterocycles. The molecule has 12 nitrogen and oxygen atoms in total. The van der Waals surface area contributed by atoms with Crippen molar-refractivity contribution in [3.8, 4) is 5.75 Å². The average Bonchev–Trinajstić information content (AvgIpc) is 3.36. The summed E-state index contributed by atoms with van der Waals surface area (Å²) < 4.78 is 16.9. The molecule has 2 unspecified atom stereocenters. The van der Waals surface area contributed by atoms with Gasteiger partial charge in [-0.05, 0) is 43.5 Å². The van der Waals surface area contributed by atoms with Crippen LogP contribution in [0.1, 0.15) is 35.5 Å². The lowest BCUT2D eigenvalue weighted by atomic mass is 9.99. The molecule has 4 N–H and O–H groups in total. The summed E-state index contributed by atoms with van der Waals surface area (Å²) in [7, 11) is 1.88. The Bertz CT molecular complexity index is 1160. The van der Waals surface area contributed by atoms with Gasteiger partial charge < -0.3 is 34.9 Å². The van der Waals surface area contributed by atoms with Crippen LogP contribution in [-0.4, -0.2) is 110 Å². The third-order valence-electron chi connectivity index (χ3n) is 7.66. The largest absolute Gasteiger partial charge is 0.491 e. The van der Waals surface area contributed by atoms with Crippen LogP contribution in [0, 0.1) is 0 Å². The zero-order chi connectivity index (χ0) is 28.1. The van der Waals surface area contributed by atoms with Crippen LogP contribution in [-0.2, 0) is 22.4 Å². The molecule has 3 atom stereocenters. The number of nitrogens with one attached hydrogen (secondary N) is 3. The molecular formula is C28H41N7O5. The maximum atomic E-state index is 13.0. The number of anilines is 2. The number of hydrogen-bond acceptors (Lipinski definition) is 11. The van der Waals surface area contributed by atoms with Crippen LogP contribution >= 0.6 is 0 Å². The van der Waals surface area contributed by atoms with Crippen LogP contribution in [0.5, 0.6) is 5.75 Å². The van der Waals surface area contributed by atoms with Gasteiger partial charge in [0.25, 0.3) is 5.91 Å². The molecule has 0 saturated carbocycles. The lowest BCUT2D eigenvalue weighted by Gasteiger charge is -2.30. The van der Waals surface area contributed by atoms with E-state index in [9.17, 15) is 9.90 Å². The lowest BCUT2D eigenvalue weighted by molar-refractivity contribution is 0.0209. The Hall–Kier alpha value is -3.03. The molecule has 5 rings (SSSR count). The second-order valence-corrected chi connectivity index (χ2v) is 10.8. The molecule has 2 saturated heterocycles. The number of rotatable bonds is 12. The third-order valence-corrected chi connectivity index (χ3v) is 7.66. The maximum absolute atomic E-state index is 13.0. The maximum Gasteiger partial charge on any atom is 0.270 e. The monoisotopic (exact) mass is 555 g/mol. The van der Waals surface area contributed by atoms with Crippen LogP contribution in [0.2, 0.25) is 0 Å². The summed E-state index contributed by atoms with van der Waals surface area (Å²) in [5.74, 6) is 1.57. The molecule has 3 aliphatic rings. The third kappa shape index (κ3) is 7.18. The van der Waals surface area contributed by atoms with E-state index in [0.717, 1.165) is 25.3 Å². The molecule has 0 radical (unpaired) electrons. The highest BCUT2D eigenvalue weighted by atomic mass is 16.5. The highest BCUT2D eigenvalue weighted by Gasteiger charge is 2.25. The number of nitrogens with zero attached hydrogens (tertiary/aromatic N) is 4. The molecule has 218 valence electrons. The lowest BCUT2D eigenvalue weighted by Crippen LogP contribution is -2.42. The van der Waals surface area contributed by atoms with E-state index >= 15 is 0 Å². The van der Waals surface area contributed by atoms with E-state index in [-0.39, 0.29) is 36.3 Å². The summed E-state index contributed by atoms with van der Waals surface area (Å²) >= 11 is 0. The topological polar surface area (TPSA) is 133 Å². The first kappa shape index (κ1) is 28.5. The minimum atomic E-state index is -0.709. The van der Waals surface area contributed by atoms with Gasteiger partial charge in [-0.3, -0.25) is 15.0 Å². The second-order valence-electron chi connectivity index (χ2n) is 10.8. The van der Waals surface area contributed by atoms with E-state index < -0.39 is 6.10 Å². The van der Waals surface area contributed by atoms with E-state index in [2.05, 4.69) is 49.9 Å². The molecule has 0 bridgehead atoms. The summed E-state index contributed by atoms with van der Waals surface area (Å²) in [5.41, 5.74) is 2.76. The SMILES string of the molecule is CCN(C)c1nc(NC2COC2)cc(C(=O)NC[C@H](O)CN2CCc3cc(OCC4OCNC4C)ccc3C2)n1. The van der Waals surface area contributed by atoms with Crippen molar-refractivity contribution in [3.05, 3.63) is 41.1 Å². The first-order chi connectivity index (χ1) is 19.4. The van der Waals surface area contributed by atoms with Crippen LogP contribution in [0.25, 0.3) is 0 Å². The van der Waals surface area contributed by atoms with Crippen LogP contribution in [0.4, 0.5) is 11.8 Å². The van der Waals surface area contributed by atoms with Crippen molar-refractivity contribution in [1.82, 2.24) is 25.5 Å². The summed E-state index contributed by atoms with van der Waals surface area (Å²) in [5, 5.41) is 20.1. The van der Waals surface area contributed by atoms with Crippen molar-refractivity contribution in [1.29, 1.82) is 0 Å². The number of carbonyl (C=O) groups excluding carboxylic acids is 1. The number of aliphatic hydroxyl groups excluding tert-OH is 1. The zero-order valence-electron chi connectivity index (χ0n) is 23.6. The zero-order valence-corrected chi connectivity index (χ0v) is 23.6. The Morgan fingerprint density at radius 3 is 2.88 bits per heavy atom. The number of aliphatic hydroxyl groups is 1. The predicted molar refractivity (Wildman–Crippen MR) is 151 cm³/mol. The molecule has 2 fully saturated rings. The fraction of sp³-hybridized carbons (Fsp3) is 0.607. The Labute approximate surface area is 235 Å². The van der Waals surface area contributed by atoms with Crippen LogP contribution in [0.15, 0.2) is 24.3 Å². The van der Waals surface area contributed by atoms with Gasteiger partial charge in [-0.15, -0.1) is 0 Å². The summed E-state index contributed by atoms with van der Waals surface area (Å²) in [6.45, 7) is 9.27. The van der Waals surface area contributed by atoms with Crippen molar-refractivity contribution >= 4 is 17.7 Å². The second kappa shape index (κ2) is 13.1. The molecule has 12 heteroatoms. The van der Waals surface area contributed by atoms with Crippen molar-refractivity contribution in [2.75, 3.05) is 70.0 Å². The van der Waals surface area contributed by atoms with Gasteiger partial charge in [0.15, 0.2) is 0 Å². The molecule has 40 heavy (non-hydrogen) atoms. The van der Waals surface area contributed by atoms with E-state index in [1.807, 2.05) is 24.9 Å². The first-order valence-electron chi connectivity index (χ1n) is 14.1. The Morgan fingerprint density at radius 1 is 1.30 bits per heavy atom. The number of amides is 1. The Morgan fingerprint density at radius 2 is 2.15 bits per heavy atom. The molecule has 1 aromatic heterocycles. The summed E-state index contributed by atoms with van der Waals surface area (Å²) in [4.78, 5) is 26.0. The highest BCUT2D eigenvalue weighted by Crippen LogP contribution is 2.25. The summed E-state index contributed by atoms with van der Waals surface area (Å²) in [6, 6.07) is 8.32. The van der Waals surface area contributed by atoms with Gasteiger partial charge in [-0.1, -0.05) is 6.07 Å². The van der Waals surface area contributed by atoms with E-state index in [0.29, 0.717) is 51.4 Å². The summed E-state index contributed by atoms with van der Waals surface area (Å²) in [6.07, 6.45) is 0.225. The molecule has 1 aromatic carbocycles. The van der Waals surface area contributed by atoms with E-state index in [4.69, 9.17) is 14.2 Å². The van der Waals surface area contributed by atoms with Gasteiger partial charge in [-0.2, -0.15) is 4.98 Å². The number of fused-ring (bicyclic) bond motifs is 1. The van der Waals surface area contributed by atoms with Crippen molar-refractivity contribution in [3.63, 3.8) is 0 Å². The molecule has 2 aromatic rings. The fourth-order valence-electron chi connectivity index (χ4n) is 4.90. The molecular weight excluding hydrogens is 514 g/mol. The van der Waals surface area contributed by atoms with Crippen LogP contribution in [0.3, 0.4) is 0 Å². The van der Waals surface area contributed by atoms with Crippen LogP contribution < -0.4 is 25.6 Å². The van der Waals surface area contributed by atoms with Gasteiger partial charge in [0, 0.05) is 51.9 Å². The van der Waals surface area contributed by atoms with Gasteiger partial charge >= 0.3 is 0 Å². The van der Waals surface area contributed by atoms with Gasteiger partial charge in [-0.25, -0.2) is 4.98 Å². The molecule has 1 amide bonds. The Kier molecular flexibility index (Phi) is 9.33. The Balaban J connectivity index is 1.11. The van der Waals surface area contributed by atoms with Crippen molar-refractivity contribution in [2.24, 2.45) is 0 Å². The van der Waals surface area contributed by atoms with Gasteiger partial charge in [0.05, 0.1) is 32.1 Å². The number of β-amino-alcohol motifs (C(OH)–C–C–N with tert-alkyl or cyclic N) is 1. The molecule has 0 spiro atoms. The predicted octanol–water partition coefficient (Wildman–Crippen LogP) is 0.606. The minimum absolute atomic E-state index is 0.0590. The van der Waals surface area contributed by atoms with Crippen molar-refractivity contribution < 1.29 is 24.1 Å². The van der Waals surface area contributed by atoms with Gasteiger partial charge in [0.2, 0.25) is 5.95 Å². The van der Waals surface area contributed by atoms with E-state index in [1.165, 1.54) is 11.1 Å². The van der Waals surface area contributed by atoms with Crippen molar-refractivity contribution in [2.45, 2.75) is 51.1 Å². The minimum Gasteiger partial charge on any atom is -0.491 e. The number of benzene rings is 1. The smallest absolute Gasteiger partial charge is 0.270 e. The number of hydrogen-bond donors (Lipinski definition) is 4. The first-order valence-corrected chi connectivity index (χ1v) is 14.1. The van der Waals surface area contributed by atoms with E-state index in [1.54, 1.807) is 6.07 Å². The fourth-order valence-corrected chi connectivity index (χ4v) is 4.90. The quantitative estimate of drug-likeness (QED) is 0.294. The molecule has 0 aliphatic carbocycles. The number of aromatic nitrogens is 2. The standard InChI is InChI=1S/C28H41N7O5/c1-4-34(3)28-32-24(10-26(33-28)31-21-14-38-15-21)27(37)29-11-22(36)13-35-8-7-19-9-23(6-5-20(19)12-35)39-16-25-18(2)30-17-40-25/h5-6,9-10,18,21-22,25,30,36H,4,7-8,11-17H2,1-3H3,(H,29,37)(H,31,32,33)/t18?,22-,25?/m0/s1. The number of ether oxygens (including phenoxy) is 3. The number of carbonyl (C=O) groups is 1.